The zero-order valence-corrected chi connectivity index (χ0v) is 17.4. The third kappa shape index (κ3) is 6.06. The summed E-state index contributed by atoms with van der Waals surface area (Å²) in [4.78, 5) is 9.63. The average molecular weight is 415 g/mol. The maximum Gasteiger partial charge on any atom is 0.194 e. The van der Waals surface area contributed by atoms with Gasteiger partial charge in [-0.2, -0.15) is 0 Å². The number of rotatable bonds is 7. The topological polar surface area (TPSA) is 53.2 Å². The third-order valence-electron chi connectivity index (χ3n) is 5.72. The van der Waals surface area contributed by atoms with E-state index in [1.807, 2.05) is 18.2 Å². The molecule has 0 amide bonds. The molecule has 4 rings (SSSR count). The van der Waals surface area contributed by atoms with Crippen LogP contribution in [0.1, 0.15) is 17.7 Å². The maximum atomic E-state index is 13.5. The van der Waals surface area contributed by atoms with Crippen LogP contribution in [0.5, 0.6) is 0 Å². The number of furan rings is 1. The molecule has 6 nitrogen and oxygen atoms in total. The number of halogens is 1. The zero-order chi connectivity index (χ0) is 20.6. The number of ether oxygens (including phenoxy) is 1. The van der Waals surface area contributed by atoms with Crippen LogP contribution in [0.4, 0.5) is 4.39 Å². The Labute approximate surface area is 177 Å². The van der Waals surface area contributed by atoms with Gasteiger partial charge in [-0.15, -0.1) is 0 Å². The summed E-state index contributed by atoms with van der Waals surface area (Å²) < 4.78 is 24.4. The highest BCUT2D eigenvalue weighted by molar-refractivity contribution is 5.80. The van der Waals surface area contributed by atoms with E-state index in [9.17, 15) is 4.39 Å². The summed E-state index contributed by atoms with van der Waals surface area (Å²) in [5, 5.41) is 3.53. The number of benzene rings is 1. The molecule has 0 saturated carbocycles. The molecule has 2 saturated heterocycles. The van der Waals surface area contributed by atoms with Gasteiger partial charge in [0.05, 0.1) is 12.9 Å². The Morgan fingerprint density at radius 2 is 2.07 bits per heavy atom. The van der Waals surface area contributed by atoms with Crippen LogP contribution in [0.3, 0.4) is 0 Å². The van der Waals surface area contributed by atoms with Crippen LogP contribution < -0.4 is 5.32 Å². The van der Waals surface area contributed by atoms with Crippen molar-refractivity contribution in [2.75, 3.05) is 52.5 Å². The second-order valence-corrected chi connectivity index (χ2v) is 8.04. The van der Waals surface area contributed by atoms with Gasteiger partial charge in [-0.1, -0.05) is 12.1 Å². The maximum absolute atomic E-state index is 13.5. The van der Waals surface area contributed by atoms with E-state index >= 15 is 0 Å². The molecule has 2 aliphatic heterocycles. The van der Waals surface area contributed by atoms with Gasteiger partial charge in [0.25, 0.3) is 0 Å². The summed E-state index contributed by atoms with van der Waals surface area (Å²) in [6.45, 7) is 7.70. The van der Waals surface area contributed by atoms with E-state index in [0.29, 0.717) is 5.92 Å². The quantitative estimate of drug-likeness (QED) is 0.558. The van der Waals surface area contributed by atoms with E-state index in [1.54, 1.807) is 18.4 Å². The smallest absolute Gasteiger partial charge is 0.194 e. The molecule has 1 aromatic carbocycles. The van der Waals surface area contributed by atoms with E-state index < -0.39 is 0 Å². The zero-order valence-electron chi connectivity index (χ0n) is 17.4. The highest BCUT2D eigenvalue weighted by atomic mass is 19.1. The number of hydrogen-bond donors (Lipinski definition) is 1. The molecule has 2 aromatic rings. The summed E-state index contributed by atoms with van der Waals surface area (Å²) in [5.74, 6) is 2.29. The molecular formula is C23H31FN4O2. The van der Waals surface area contributed by atoms with Gasteiger partial charge < -0.3 is 19.4 Å². The van der Waals surface area contributed by atoms with E-state index in [4.69, 9.17) is 14.1 Å². The van der Waals surface area contributed by atoms with Crippen LogP contribution in [-0.4, -0.2) is 68.2 Å². The fourth-order valence-electron chi connectivity index (χ4n) is 3.97. The molecule has 3 heterocycles. The van der Waals surface area contributed by atoms with Gasteiger partial charge in [-0.3, -0.25) is 9.89 Å². The van der Waals surface area contributed by atoms with Crippen LogP contribution in [0.15, 0.2) is 52.1 Å². The molecule has 2 aliphatic rings. The van der Waals surface area contributed by atoms with E-state index in [2.05, 4.69) is 15.1 Å². The minimum atomic E-state index is -0.169. The molecule has 1 atom stereocenters. The van der Waals surface area contributed by atoms with Crippen molar-refractivity contribution in [1.29, 1.82) is 0 Å². The molecule has 0 aliphatic carbocycles. The number of guanidine groups is 1. The normalized spacial score (nSPS) is 20.6. The van der Waals surface area contributed by atoms with Crippen molar-refractivity contribution in [3.8, 4) is 0 Å². The lowest BCUT2D eigenvalue weighted by Crippen LogP contribution is -2.52. The van der Waals surface area contributed by atoms with Crippen molar-refractivity contribution < 1.29 is 13.5 Å². The Kier molecular flexibility index (Phi) is 7.37. The van der Waals surface area contributed by atoms with Crippen LogP contribution in [-0.2, 0) is 17.7 Å². The lowest BCUT2D eigenvalue weighted by molar-refractivity contribution is 0.171. The molecular weight excluding hydrogens is 383 g/mol. The highest BCUT2D eigenvalue weighted by Gasteiger charge is 2.21. The second kappa shape index (κ2) is 10.6. The average Bonchev–Trinajstić information content (AvgIpc) is 3.46. The number of aliphatic imine (C=N–C) groups is 1. The predicted molar refractivity (Wildman–Crippen MR) is 115 cm³/mol. The minimum absolute atomic E-state index is 0.169. The first-order valence-corrected chi connectivity index (χ1v) is 10.9. The predicted octanol–water partition coefficient (Wildman–Crippen LogP) is 2.76. The third-order valence-corrected chi connectivity index (χ3v) is 5.72. The minimum Gasteiger partial charge on any atom is -0.469 e. The first-order valence-electron chi connectivity index (χ1n) is 10.9. The second-order valence-electron chi connectivity index (χ2n) is 8.04. The molecule has 1 aromatic heterocycles. The molecule has 7 heteroatoms. The SMILES string of the molecule is Fc1cccc(CN2CCN(C(=NCC3CCOC3)NCCc3ccco3)CC2)c1. The molecule has 0 bridgehead atoms. The van der Waals surface area contributed by atoms with Gasteiger partial charge in [0.1, 0.15) is 11.6 Å². The van der Waals surface area contributed by atoms with Gasteiger partial charge in [0.15, 0.2) is 5.96 Å². The molecule has 0 spiro atoms. The van der Waals surface area contributed by atoms with Crippen molar-refractivity contribution in [2.45, 2.75) is 19.4 Å². The number of piperazine rings is 1. The van der Waals surface area contributed by atoms with Crippen LogP contribution >= 0.6 is 0 Å². The van der Waals surface area contributed by atoms with E-state index in [0.717, 1.165) is 89.2 Å². The van der Waals surface area contributed by atoms with Gasteiger partial charge in [0, 0.05) is 64.8 Å². The number of nitrogens with one attached hydrogen (secondary N) is 1. The monoisotopic (exact) mass is 414 g/mol. The standard InChI is InChI=1S/C23H31FN4O2/c24-21-4-1-3-19(15-21)17-27-9-11-28(12-10-27)23(26-16-20-7-14-29-18-20)25-8-6-22-5-2-13-30-22/h1-5,13,15,20H,6-12,14,16-18H2,(H,25,26). The highest BCUT2D eigenvalue weighted by Crippen LogP contribution is 2.14. The van der Waals surface area contributed by atoms with Crippen LogP contribution in [0.2, 0.25) is 0 Å². The Balaban J connectivity index is 1.31. The van der Waals surface area contributed by atoms with Gasteiger partial charge in [-0.05, 0) is 36.2 Å². The first-order chi connectivity index (χ1) is 14.8. The van der Waals surface area contributed by atoms with Gasteiger partial charge in [-0.25, -0.2) is 4.39 Å². The molecule has 1 N–H and O–H groups in total. The molecule has 162 valence electrons. The Morgan fingerprint density at radius 3 is 2.80 bits per heavy atom. The van der Waals surface area contributed by atoms with Crippen molar-refractivity contribution in [3.63, 3.8) is 0 Å². The summed E-state index contributed by atoms with van der Waals surface area (Å²) in [7, 11) is 0. The molecule has 0 radical (unpaired) electrons. The van der Waals surface area contributed by atoms with Crippen LogP contribution in [0, 0.1) is 11.7 Å². The molecule has 2 fully saturated rings. The first kappa shape index (κ1) is 20.9. The van der Waals surface area contributed by atoms with Crippen molar-refractivity contribution in [3.05, 3.63) is 59.8 Å². The van der Waals surface area contributed by atoms with Crippen molar-refractivity contribution >= 4 is 5.96 Å². The summed E-state index contributed by atoms with van der Waals surface area (Å²) in [6.07, 6.45) is 3.63. The van der Waals surface area contributed by atoms with E-state index in [1.165, 1.54) is 6.07 Å². The van der Waals surface area contributed by atoms with Crippen molar-refractivity contribution in [1.82, 2.24) is 15.1 Å². The molecule has 30 heavy (non-hydrogen) atoms. The van der Waals surface area contributed by atoms with Crippen molar-refractivity contribution in [2.24, 2.45) is 10.9 Å². The van der Waals surface area contributed by atoms with Gasteiger partial charge in [0.2, 0.25) is 0 Å². The summed E-state index contributed by atoms with van der Waals surface area (Å²) >= 11 is 0. The largest absolute Gasteiger partial charge is 0.469 e. The lowest BCUT2D eigenvalue weighted by atomic mass is 10.1. The summed E-state index contributed by atoms with van der Waals surface area (Å²) in [6, 6.07) is 10.8. The molecule has 1 unspecified atom stereocenters. The van der Waals surface area contributed by atoms with E-state index in [-0.39, 0.29) is 5.82 Å². The fraction of sp³-hybridized carbons (Fsp3) is 0.522. The lowest BCUT2D eigenvalue weighted by Gasteiger charge is -2.36. The summed E-state index contributed by atoms with van der Waals surface area (Å²) in [5.41, 5.74) is 1.02. The Bertz CT molecular complexity index is 797. The Hall–Kier alpha value is -2.38. The van der Waals surface area contributed by atoms with Crippen LogP contribution in [0.25, 0.3) is 0 Å². The van der Waals surface area contributed by atoms with Gasteiger partial charge >= 0.3 is 0 Å². The number of nitrogens with zero attached hydrogens (tertiary/aromatic N) is 3. The fourth-order valence-corrected chi connectivity index (χ4v) is 3.97. The number of hydrogen-bond acceptors (Lipinski definition) is 4. The Morgan fingerprint density at radius 1 is 1.17 bits per heavy atom.